The Hall–Kier alpha value is -1.41. The molecule has 0 aliphatic carbocycles. The van der Waals surface area contributed by atoms with Crippen LogP contribution in [0.1, 0.15) is 25.0 Å². The third kappa shape index (κ3) is 2.09. The summed E-state index contributed by atoms with van der Waals surface area (Å²) in [4.78, 5) is 1.60. The van der Waals surface area contributed by atoms with Crippen molar-refractivity contribution in [2.45, 2.75) is 31.8 Å². The van der Waals surface area contributed by atoms with Crippen molar-refractivity contribution >= 4 is 0 Å². The zero-order valence-electron chi connectivity index (χ0n) is 7.98. The summed E-state index contributed by atoms with van der Waals surface area (Å²) in [6.45, 7) is 1.85. The zero-order valence-corrected chi connectivity index (χ0v) is 7.98. The van der Waals surface area contributed by atoms with E-state index in [1.165, 1.54) is 25.5 Å². The molecule has 1 unspecified atom stereocenters. The van der Waals surface area contributed by atoms with E-state index in [4.69, 9.17) is 5.26 Å². The lowest BCUT2D eigenvalue weighted by Gasteiger charge is -2.22. The summed E-state index contributed by atoms with van der Waals surface area (Å²) in [6.07, 6.45) is 5.20. The average Bonchev–Trinajstić information content (AvgIpc) is 2.67. The largest absolute Gasteiger partial charge is 0.312 e. The molecule has 1 aromatic rings. The Morgan fingerprint density at radius 2 is 2.57 bits per heavy atom. The maximum Gasteiger partial charge on any atom is 0.182 e. The molecule has 0 bridgehead atoms. The van der Waals surface area contributed by atoms with Crippen LogP contribution in [0.3, 0.4) is 0 Å². The summed E-state index contributed by atoms with van der Waals surface area (Å²) < 4.78 is 0. The number of hydrogen-bond acceptors (Lipinski definition) is 4. The topological polar surface area (TPSA) is 66.5 Å². The highest BCUT2D eigenvalue weighted by Gasteiger charge is 2.13. The van der Waals surface area contributed by atoms with Gasteiger partial charge in [0.15, 0.2) is 5.69 Å². The van der Waals surface area contributed by atoms with Gasteiger partial charge in [-0.25, -0.2) is 0 Å². The van der Waals surface area contributed by atoms with Crippen molar-refractivity contribution in [2.24, 2.45) is 0 Å². The first-order valence-electron chi connectivity index (χ1n) is 4.92. The Bertz CT molecular complexity index is 331. The molecule has 1 aliphatic heterocycles. The van der Waals surface area contributed by atoms with Gasteiger partial charge < -0.3 is 5.32 Å². The lowest BCUT2D eigenvalue weighted by atomic mass is 10.1. The second-order valence-corrected chi connectivity index (χ2v) is 3.54. The van der Waals surface area contributed by atoms with Crippen LogP contribution in [-0.4, -0.2) is 27.6 Å². The first-order valence-corrected chi connectivity index (χ1v) is 4.92. The standard InChI is InChI=1S/C9H13N5/c10-5-9-6-12-14(13-9)7-8-3-1-2-4-11-8/h6,8,11H,1-4,7H2. The Morgan fingerprint density at radius 3 is 3.21 bits per heavy atom. The van der Waals surface area contributed by atoms with E-state index in [2.05, 4.69) is 15.5 Å². The summed E-state index contributed by atoms with van der Waals surface area (Å²) in [5.74, 6) is 0. The maximum atomic E-state index is 8.58. The van der Waals surface area contributed by atoms with Gasteiger partial charge in [-0.05, 0) is 19.4 Å². The predicted molar refractivity (Wildman–Crippen MR) is 50.4 cm³/mol. The first-order chi connectivity index (χ1) is 6.88. The van der Waals surface area contributed by atoms with Crippen molar-refractivity contribution < 1.29 is 0 Å². The maximum absolute atomic E-state index is 8.58. The van der Waals surface area contributed by atoms with Crippen LogP contribution in [-0.2, 0) is 6.54 Å². The molecule has 1 atom stereocenters. The molecule has 5 heteroatoms. The molecule has 2 rings (SSSR count). The first kappa shape index (κ1) is 9.16. The van der Waals surface area contributed by atoms with Crippen LogP contribution in [0.15, 0.2) is 6.20 Å². The molecule has 0 saturated carbocycles. The molecular formula is C9H13N5. The van der Waals surface area contributed by atoms with Crippen molar-refractivity contribution in [3.05, 3.63) is 11.9 Å². The van der Waals surface area contributed by atoms with Gasteiger partial charge in [0, 0.05) is 6.04 Å². The number of nitrogens with one attached hydrogen (secondary N) is 1. The molecule has 0 amide bonds. The fourth-order valence-electron chi connectivity index (χ4n) is 1.71. The third-order valence-electron chi connectivity index (χ3n) is 2.45. The summed E-state index contributed by atoms with van der Waals surface area (Å²) in [6, 6.07) is 2.43. The molecule has 1 aliphatic rings. The van der Waals surface area contributed by atoms with Gasteiger partial charge >= 0.3 is 0 Å². The molecule has 1 N–H and O–H groups in total. The molecule has 0 aromatic carbocycles. The molecule has 5 nitrogen and oxygen atoms in total. The lowest BCUT2D eigenvalue weighted by Crippen LogP contribution is -2.37. The summed E-state index contributed by atoms with van der Waals surface area (Å²) in [7, 11) is 0. The number of rotatable bonds is 2. The molecule has 1 fully saturated rings. The Labute approximate surface area is 82.7 Å². The third-order valence-corrected chi connectivity index (χ3v) is 2.45. The SMILES string of the molecule is N#Cc1cnn(CC2CCCCN2)n1. The average molecular weight is 191 g/mol. The molecule has 1 aromatic heterocycles. The van der Waals surface area contributed by atoms with E-state index in [-0.39, 0.29) is 0 Å². The van der Waals surface area contributed by atoms with E-state index >= 15 is 0 Å². The number of piperidine rings is 1. The highest BCUT2D eigenvalue weighted by Crippen LogP contribution is 2.07. The fourth-order valence-corrected chi connectivity index (χ4v) is 1.71. The second kappa shape index (κ2) is 4.20. The van der Waals surface area contributed by atoms with Gasteiger partial charge in [-0.1, -0.05) is 6.42 Å². The summed E-state index contributed by atoms with van der Waals surface area (Å²) in [5, 5.41) is 20.0. The predicted octanol–water partition coefficient (Wildman–Crippen LogP) is 0.292. The molecule has 2 heterocycles. The normalized spacial score (nSPS) is 21.8. The van der Waals surface area contributed by atoms with Crippen LogP contribution in [0.5, 0.6) is 0 Å². The van der Waals surface area contributed by atoms with Crippen LogP contribution in [0.2, 0.25) is 0 Å². The second-order valence-electron chi connectivity index (χ2n) is 3.54. The van der Waals surface area contributed by atoms with E-state index in [0.717, 1.165) is 13.1 Å². The molecule has 0 spiro atoms. The van der Waals surface area contributed by atoms with Crippen LogP contribution >= 0.6 is 0 Å². The zero-order chi connectivity index (χ0) is 9.80. The summed E-state index contributed by atoms with van der Waals surface area (Å²) in [5.41, 5.74) is 0.390. The van der Waals surface area contributed by atoms with Gasteiger partial charge in [0.05, 0.1) is 12.7 Å². The van der Waals surface area contributed by atoms with Gasteiger partial charge in [0.2, 0.25) is 0 Å². The van der Waals surface area contributed by atoms with Crippen molar-refractivity contribution in [3.63, 3.8) is 0 Å². The minimum Gasteiger partial charge on any atom is -0.312 e. The van der Waals surface area contributed by atoms with Gasteiger partial charge in [-0.2, -0.15) is 15.2 Å². The monoisotopic (exact) mass is 191 g/mol. The number of nitriles is 1. The van der Waals surface area contributed by atoms with E-state index in [9.17, 15) is 0 Å². The van der Waals surface area contributed by atoms with Crippen LogP contribution < -0.4 is 5.32 Å². The van der Waals surface area contributed by atoms with Crippen molar-refractivity contribution in [1.29, 1.82) is 5.26 Å². The van der Waals surface area contributed by atoms with Crippen LogP contribution in [0, 0.1) is 11.3 Å². The van der Waals surface area contributed by atoms with Gasteiger partial charge in [-0.15, -0.1) is 5.10 Å². The van der Waals surface area contributed by atoms with Crippen molar-refractivity contribution in [1.82, 2.24) is 20.3 Å². The lowest BCUT2D eigenvalue weighted by molar-refractivity contribution is 0.335. The number of nitrogens with zero attached hydrogens (tertiary/aromatic N) is 4. The smallest absolute Gasteiger partial charge is 0.182 e. The summed E-state index contributed by atoms with van der Waals surface area (Å²) >= 11 is 0. The number of aromatic nitrogens is 3. The quantitative estimate of drug-likeness (QED) is 0.729. The van der Waals surface area contributed by atoms with Crippen molar-refractivity contribution in [2.75, 3.05) is 6.54 Å². The Kier molecular flexibility index (Phi) is 2.75. The van der Waals surface area contributed by atoms with E-state index < -0.39 is 0 Å². The molecule has 1 saturated heterocycles. The molecule has 74 valence electrons. The van der Waals surface area contributed by atoms with Crippen LogP contribution in [0.25, 0.3) is 0 Å². The fraction of sp³-hybridized carbons (Fsp3) is 0.667. The van der Waals surface area contributed by atoms with Gasteiger partial charge in [0.25, 0.3) is 0 Å². The van der Waals surface area contributed by atoms with E-state index in [0.29, 0.717) is 11.7 Å². The molecule has 14 heavy (non-hydrogen) atoms. The minimum absolute atomic E-state index is 0.390. The highest BCUT2D eigenvalue weighted by molar-refractivity contribution is 5.12. The highest BCUT2D eigenvalue weighted by atomic mass is 15.5. The molecular weight excluding hydrogens is 178 g/mol. The van der Waals surface area contributed by atoms with Crippen molar-refractivity contribution in [3.8, 4) is 6.07 Å². The Balaban J connectivity index is 1.93. The number of hydrogen-bond donors (Lipinski definition) is 1. The Morgan fingerprint density at radius 1 is 1.64 bits per heavy atom. The molecule has 0 radical (unpaired) electrons. The van der Waals surface area contributed by atoms with E-state index in [1.807, 2.05) is 6.07 Å². The van der Waals surface area contributed by atoms with Gasteiger partial charge in [0.1, 0.15) is 6.07 Å². The van der Waals surface area contributed by atoms with Gasteiger partial charge in [-0.3, -0.25) is 0 Å². The van der Waals surface area contributed by atoms with E-state index in [1.54, 1.807) is 4.80 Å². The minimum atomic E-state index is 0.390. The van der Waals surface area contributed by atoms with Crippen LogP contribution in [0.4, 0.5) is 0 Å².